The predicted molar refractivity (Wildman–Crippen MR) is 91.8 cm³/mol. The van der Waals surface area contributed by atoms with Crippen molar-refractivity contribution in [2.45, 2.75) is 42.6 Å². The van der Waals surface area contributed by atoms with Gasteiger partial charge in [-0.25, -0.2) is 0 Å². The van der Waals surface area contributed by atoms with Crippen LogP contribution in [0.3, 0.4) is 0 Å². The first-order valence-corrected chi connectivity index (χ1v) is 9.07. The number of thioether (sulfide) groups is 1. The molecule has 0 spiro atoms. The lowest BCUT2D eigenvalue weighted by atomic mass is 10.2. The third-order valence-electron chi connectivity index (χ3n) is 3.62. The van der Waals surface area contributed by atoms with Crippen LogP contribution in [0.2, 0.25) is 10.0 Å². The number of carbonyl (C=O) groups is 1. The molecule has 1 aromatic carbocycles. The molecule has 0 atom stereocenters. The van der Waals surface area contributed by atoms with Crippen molar-refractivity contribution in [1.29, 1.82) is 0 Å². The van der Waals surface area contributed by atoms with Gasteiger partial charge in [-0.3, -0.25) is 4.79 Å². The van der Waals surface area contributed by atoms with Crippen LogP contribution in [0.15, 0.2) is 23.4 Å². The Morgan fingerprint density at radius 1 is 1.30 bits per heavy atom. The summed E-state index contributed by atoms with van der Waals surface area (Å²) in [5.41, 5.74) is 6.33. The Kier molecular flexibility index (Phi) is 5.14. The van der Waals surface area contributed by atoms with Gasteiger partial charge in [-0.05, 0) is 30.5 Å². The highest BCUT2D eigenvalue weighted by Gasteiger charge is 2.30. The fourth-order valence-corrected chi connectivity index (χ4v) is 3.50. The third kappa shape index (κ3) is 4.19. The van der Waals surface area contributed by atoms with Crippen LogP contribution in [-0.4, -0.2) is 20.7 Å². The molecule has 0 unspecified atom stereocenters. The van der Waals surface area contributed by atoms with Gasteiger partial charge in [-0.15, -0.1) is 10.2 Å². The lowest BCUT2D eigenvalue weighted by molar-refractivity contribution is -0.118. The second-order valence-electron chi connectivity index (χ2n) is 5.52. The van der Waals surface area contributed by atoms with Gasteiger partial charge in [0.15, 0.2) is 5.16 Å². The molecule has 2 N–H and O–H groups in total. The summed E-state index contributed by atoms with van der Waals surface area (Å²) < 4.78 is 2.02. The van der Waals surface area contributed by atoms with E-state index in [1.54, 1.807) is 17.8 Å². The average Bonchev–Trinajstić information content (AvgIpc) is 3.27. The Morgan fingerprint density at radius 3 is 2.74 bits per heavy atom. The molecule has 3 rings (SSSR count). The summed E-state index contributed by atoms with van der Waals surface area (Å²) >= 11 is 13.5. The minimum Gasteiger partial charge on any atom is -0.370 e. The van der Waals surface area contributed by atoms with Crippen molar-refractivity contribution in [3.63, 3.8) is 0 Å². The van der Waals surface area contributed by atoms with Crippen LogP contribution < -0.4 is 5.73 Å². The molecule has 0 radical (unpaired) electrons. The van der Waals surface area contributed by atoms with E-state index >= 15 is 0 Å². The van der Waals surface area contributed by atoms with E-state index < -0.39 is 0 Å². The summed E-state index contributed by atoms with van der Waals surface area (Å²) in [6, 6.07) is 5.57. The van der Waals surface area contributed by atoms with Gasteiger partial charge in [0.25, 0.3) is 0 Å². The van der Waals surface area contributed by atoms with Crippen molar-refractivity contribution in [2.75, 3.05) is 0 Å². The number of carbonyl (C=O) groups excluding carboxylic acids is 1. The van der Waals surface area contributed by atoms with Gasteiger partial charge in [-0.2, -0.15) is 0 Å². The van der Waals surface area contributed by atoms with E-state index in [0.717, 1.165) is 29.4 Å². The van der Waals surface area contributed by atoms with E-state index in [-0.39, 0.29) is 12.3 Å². The van der Waals surface area contributed by atoms with Crippen LogP contribution in [0.1, 0.15) is 36.6 Å². The molecule has 5 nitrogen and oxygen atoms in total. The normalized spacial score (nSPS) is 14.2. The molecule has 8 heteroatoms. The number of hydrogen-bond acceptors (Lipinski definition) is 4. The van der Waals surface area contributed by atoms with Gasteiger partial charge < -0.3 is 10.3 Å². The summed E-state index contributed by atoms with van der Waals surface area (Å²) in [6.45, 7) is 0.526. The second-order valence-corrected chi connectivity index (χ2v) is 7.28. The lowest BCUT2D eigenvalue weighted by Crippen LogP contribution is -2.15. The molecule has 0 bridgehead atoms. The van der Waals surface area contributed by atoms with Crippen LogP contribution in [0.4, 0.5) is 0 Å². The molecule has 122 valence electrons. The van der Waals surface area contributed by atoms with Gasteiger partial charge in [0.05, 0.1) is 10.0 Å². The maximum absolute atomic E-state index is 11.1. The molecule has 1 fully saturated rings. The number of nitrogens with two attached hydrogens (primary N) is 1. The molecular weight excluding hydrogens is 355 g/mol. The quantitative estimate of drug-likeness (QED) is 0.755. The summed E-state index contributed by atoms with van der Waals surface area (Å²) in [6.07, 6.45) is 2.55. The summed E-state index contributed by atoms with van der Waals surface area (Å²) in [4.78, 5) is 11.1. The number of aromatic nitrogens is 3. The van der Waals surface area contributed by atoms with E-state index in [1.807, 2.05) is 16.7 Å². The van der Waals surface area contributed by atoms with Gasteiger partial charge in [0.1, 0.15) is 5.82 Å². The van der Waals surface area contributed by atoms with E-state index in [4.69, 9.17) is 28.9 Å². The minimum absolute atomic E-state index is 0.290. The molecule has 1 saturated carbocycles. The average molecular weight is 371 g/mol. The standard InChI is InChI=1S/C15H16Cl2N4OS/c16-11-4-1-9(7-12(11)17)8-23-15-20-19-14(10-2-3-10)21(15)6-5-13(18)22/h1,4,7,10H,2-3,5-6,8H2,(H2,18,22). The van der Waals surface area contributed by atoms with Gasteiger partial charge in [0.2, 0.25) is 5.91 Å². The maximum atomic E-state index is 11.1. The fourth-order valence-electron chi connectivity index (χ4n) is 2.26. The van der Waals surface area contributed by atoms with Crippen LogP contribution in [0, 0.1) is 0 Å². The number of amides is 1. The zero-order chi connectivity index (χ0) is 16.4. The van der Waals surface area contributed by atoms with Crippen molar-refractivity contribution in [1.82, 2.24) is 14.8 Å². The fraction of sp³-hybridized carbons (Fsp3) is 0.400. The molecule has 0 aliphatic heterocycles. The zero-order valence-corrected chi connectivity index (χ0v) is 14.7. The summed E-state index contributed by atoms with van der Waals surface area (Å²) in [7, 11) is 0. The molecule has 23 heavy (non-hydrogen) atoms. The first-order chi connectivity index (χ1) is 11.0. The van der Waals surface area contributed by atoms with Crippen molar-refractivity contribution in [3.8, 4) is 0 Å². The number of hydrogen-bond donors (Lipinski definition) is 1. The molecule has 0 saturated heterocycles. The molecule has 2 aromatic rings. The van der Waals surface area contributed by atoms with E-state index in [9.17, 15) is 4.79 Å². The van der Waals surface area contributed by atoms with Crippen molar-refractivity contribution in [3.05, 3.63) is 39.6 Å². The monoisotopic (exact) mass is 370 g/mol. The highest BCUT2D eigenvalue weighted by Crippen LogP contribution is 2.40. The zero-order valence-electron chi connectivity index (χ0n) is 12.3. The molecular formula is C15H16Cl2N4OS. The van der Waals surface area contributed by atoms with Crippen LogP contribution >= 0.6 is 35.0 Å². The Hall–Kier alpha value is -1.24. The molecule has 1 aliphatic carbocycles. The minimum atomic E-state index is -0.319. The summed E-state index contributed by atoms with van der Waals surface area (Å²) in [5, 5.41) is 10.5. The number of primary amides is 1. The number of halogens is 2. The SMILES string of the molecule is NC(=O)CCn1c(SCc2ccc(Cl)c(Cl)c2)nnc1C1CC1. The Bertz CT molecular complexity index is 730. The van der Waals surface area contributed by atoms with Gasteiger partial charge >= 0.3 is 0 Å². The molecule has 1 heterocycles. The lowest BCUT2D eigenvalue weighted by Gasteiger charge is -2.09. The summed E-state index contributed by atoms with van der Waals surface area (Å²) in [5.74, 6) is 1.81. The predicted octanol–water partition coefficient (Wildman–Crippen LogP) is 3.63. The van der Waals surface area contributed by atoms with E-state index in [1.165, 1.54) is 0 Å². The highest BCUT2D eigenvalue weighted by molar-refractivity contribution is 7.98. The van der Waals surface area contributed by atoms with Crippen molar-refractivity contribution >= 4 is 40.9 Å². The Balaban J connectivity index is 1.73. The van der Waals surface area contributed by atoms with Crippen LogP contribution in [0.5, 0.6) is 0 Å². The van der Waals surface area contributed by atoms with Crippen molar-refractivity contribution < 1.29 is 4.79 Å². The third-order valence-corrected chi connectivity index (χ3v) is 5.40. The van der Waals surface area contributed by atoms with Gasteiger partial charge in [0, 0.05) is 24.6 Å². The first kappa shape index (κ1) is 16.6. The maximum Gasteiger partial charge on any atom is 0.219 e. The van der Waals surface area contributed by atoms with E-state index in [0.29, 0.717) is 28.3 Å². The molecule has 1 aromatic heterocycles. The van der Waals surface area contributed by atoms with Crippen LogP contribution in [0.25, 0.3) is 0 Å². The topological polar surface area (TPSA) is 73.8 Å². The van der Waals surface area contributed by atoms with E-state index in [2.05, 4.69) is 10.2 Å². The largest absolute Gasteiger partial charge is 0.370 e. The number of nitrogens with zero attached hydrogens (tertiary/aromatic N) is 3. The Labute approximate surface area is 148 Å². The first-order valence-electron chi connectivity index (χ1n) is 7.32. The Morgan fingerprint density at radius 2 is 2.09 bits per heavy atom. The van der Waals surface area contributed by atoms with Crippen LogP contribution in [-0.2, 0) is 17.1 Å². The molecule has 1 aliphatic rings. The number of rotatable bonds is 7. The smallest absolute Gasteiger partial charge is 0.219 e. The number of benzene rings is 1. The molecule has 1 amide bonds. The van der Waals surface area contributed by atoms with Gasteiger partial charge in [-0.1, -0.05) is 41.0 Å². The highest BCUT2D eigenvalue weighted by atomic mass is 35.5. The van der Waals surface area contributed by atoms with Crippen molar-refractivity contribution in [2.24, 2.45) is 5.73 Å². The second kappa shape index (κ2) is 7.11.